The van der Waals surface area contributed by atoms with Gasteiger partial charge in [-0.15, -0.1) is 0 Å². The highest BCUT2D eigenvalue weighted by molar-refractivity contribution is 5.40. The fourth-order valence-electron chi connectivity index (χ4n) is 1.50. The number of nitrogens with zero attached hydrogens (tertiary/aromatic N) is 4. The molecule has 0 aromatic heterocycles. The third-order valence-electron chi connectivity index (χ3n) is 2.48. The predicted molar refractivity (Wildman–Crippen MR) is 60.7 cm³/mol. The first kappa shape index (κ1) is 14.9. The number of hydrogen-bond acceptors (Lipinski definition) is 4. The van der Waals surface area contributed by atoms with Crippen LogP contribution in [0.2, 0.25) is 0 Å². The van der Waals surface area contributed by atoms with Crippen LogP contribution in [0.1, 0.15) is 23.7 Å². The topological polar surface area (TPSA) is 113 Å². The van der Waals surface area contributed by atoms with Gasteiger partial charge in [0.15, 0.2) is 11.6 Å². The minimum absolute atomic E-state index is 0.0692. The number of halogens is 2. The molecular formula is C11H10F2N4O2. The average molecular weight is 268 g/mol. The smallest absolute Gasteiger partial charge is 0.160 e. The Kier molecular flexibility index (Phi) is 5.21. The molecule has 0 saturated heterocycles. The molecule has 0 heterocycles. The first-order valence-corrected chi connectivity index (χ1v) is 5.27. The lowest BCUT2D eigenvalue weighted by Crippen LogP contribution is -2.20. The van der Waals surface area contributed by atoms with E-state index >= 15 is 0 Å². The van der Waals surface area contributed by atoms with Crippen LogP contribution >= 0.6 is 0 Å². The molecule has 0 radical (unpaired) electrons. The van der Waals surface area contributed by atoms with E-state index in [4.69, 9.17) is 10.8 Å². The summed E-state index contributed by atoms with van der Waals surface area (Å²) in [6, 6.07) is 2.92. The molecule has 6 nitrogen and oxygen atoms in total. The van der Waals surface area contributed by atoms with E-state index in [1.807, 2.05) is 0 Å². The number of benzene rings is 1. The zero-order valence-electron chi connectivity index (χ0n) is 9.66. The summed E-state index contributed by atoms with van der Waals surface area (Å²) in [4.78, 5) is 2.47. The Morgan fingerprint density at radius 1 is 1.37 bits per heavy atom. The summed E-state index contributed by atoms with van der Waals surface area (Å²) in [7, 11) is 0. The zero-order valence-corrected chi connectivity index (χ0v) is 9.66. The molecule has 0 aliphatic rings. The number of rotatable bonds is 5. The van der Waals surface area contributed by atoms with Crippen molar-refractivity contribution in [1.29, 1.82) is 5.26 Å². The van der Waals surface area contributed by atoms with Crippen molar-refractivity contribution in [3.8, 4) is 6.07 Å². The molecular weight excluding hydrogens is 258 g/mol. The van der Waals surface area contributed by atoms with Crippen molar-refractivity contribution in [3.63, 3.8) is 0 Å². The second kappa shape index (κ2) is 6.66. The number of nitriles is 1. The van der Waals surface area contributed by atoms with Crippen LogP contribution in [0.15, 0.2) is 17.2 Å². The maximum atomic E-state index is 13.1. The molecule has 2 unspecified atom stereocenters. The molecule has 0 aliphatic carbocycles. The number of hydrogen-bond donors (Lipinski definition) is 2. The van der Waals surface area contributed by atoms with Crippen LogP contribution in [-0.4, -0.2) is 22.9 Å². The van der Waals surface area contributed by atoms with E-state index in [0.29, 0.717) is 12.1 Å². The number of aliphatic hydroxyl groups is 2. The van der Waals surface area contributed by atoms with Gasteiger partial charge in [0.05, 0.1) is 17.7 Å². The minimum atomic E-state index is -1.57. The van der Waals surface area contributed by atoms with Crippen molar-refractivity contribution in [2.24, 2.45) is 5.11 Å². The van der Waals surface area contributed by atoms with Crippen molar-refractivity contribution >= 4 is 0 Å². The maximum absolute atomic E-state index is 13.1. The van der Waals surface area contributed by atoms with Crippen LogP contribution in [0.5, 0.6) is 0 Å². The minimum Gasteiger partial charge on any atom is -0.390 e. The molecule has 0 amide bonds. The Labute approximate surface area is 107 Å². The normalized spacial score (nSPS) is 13.2. The molecule has 1 rings (SSSR count). The Hall–Kier alpha value is -2.20. The van der Waals surface area contributed by atoms with Gasteiger partial charge in [-0.2, -0.15) is 5.26 Å². The molecule has 0 bridgehead atoms. The third-order valence-corrected chi connectivity index (χ3v) is 2.48. The molecule has 0 aliphatic heterocycles. The lowest BCUT2D eigenvalue weighted by Gasteiger charge is -2.18. The quantitative estimate of drug-likeness (QED) is 0.483. The van der Waals surface area contributed by atoms with Crippen LogP contribution in [0.3, 0.4) is 0 Å². The van der Waals surface area contributed by atoms with Crippen molar-refractivity contribution < 1.29 is 19.0 Å². The fraction of sp³-hybridized carbons (Fsp3) is 0.364. The van der Waals surface area contributed by atoms with Crippen LogP contribution in [0.4, 0.5) is 8.78 Å². The molecule has 0 saturated carbocycles. The maximum Gasteiger partial charge on any atom is 0.160 e. The SMILES string of the molecule is N#Cc1cc(F)c(F)cc1C(O)C(O)CCN=[N+]=[N-]. The predicted octanol–water partition coefficient (Wildman–Crippen LogP) is 1.93. The molecule has 2 N–H and O–H groups in total. The molecule has 8 heteroatoms. The van der Waals surface area contributed by atoms with E-state index < -0.39 is 23.8 Å². The number of aliphatic hydroxyl groups excluding tert-OH is 2. The molecule has 1 aromatic carbocycles. The summed E-state index contributed by atoms with van der Waals surface area (Å²) < 4.78 is 26.0. The van der Waals surface area contributed by atoms with Crippen LogP contribution in [0, 0.1) is 23.0 Å². The zero-order chi connectivity index (χ0) is 14.4. The highest BCUT2D eigenvalue weighted by Crippen LogP contribution is 2.25. The largest absolute Gasteiger partial charge is 0.390 e. The Morgan fingerprint density at radius 3 is 2.58 bits per heavy atom. The highest BCUT2D eigenvalue weighted by atomic mass is 19.2. The summed E-state index contributed by atoms with van der Waals surface area (Å²) >= 11 is 0. The van der Waals surface area contributed by atoms with E-state index in [1.54, 1.807) is 6.07 Å². The Balaban J connectivity index is 2.98. The van der Waals surface area contributed by atoms with Crippen LogP contribution in [0.25, 0.3) is 10.4 Å². The average Bonchev–Trinajstić information content (AvgIpc) is 2.40. The van der Waals surface area contributed by atoms with E-state index in [0.717, 1.165) is 0 Å². The fourth-order valence-corrected chi connectivity index (χ4v) is 1.50. The molecule has 0 fully saturated rings. The van der Waals surface area contributed by atoms with Gasteiger partial charge in [0, 0.05) is 17.0 Å². The van der Waals surface area contributed by atoms with Gasteiger partial charge in [-0.25, -0.2) is 8.78 Å². The van der Waals surface area contributed by atoms with Gasteiger partial charge in [0.2, 0.25) is 0 Å². The van der Waals surface area contributed by atoms with Gasteiger partial charge in [-0.1, -0.05) is 5.11 Å². The van der Waals surface area contributed by atoms with Gasteiger partial charge >= 0.3 is 0 Å². The van der Waals surface area contributed by atoms with Crippen molar-refractivity contribution in [2.75, 3.05) is 6.54 Å². The van der Waals surface area contributed by atoms with Gasteiger partial charge in [-0.3, -0.25) is 0 Å². The first-order valence-electron chi connectivity index (χ1n) is 5.27. The van der Waals surface area contributed by atoms with Gasteiger partial charge in [0.25, 0.3) is 0 Å². The monoisotopic (exact) mass is 268 g/mol. The molecule has 1 aromatic rings. The van der Waals surface area contributed by atoms with Gasteiger partial charge in [0.1, 0.15) is 6.10 Å². The first-order chi connectivity index (χ1) is 9.01. The van der Waals surface area contributed by atoms with E-state index in [1.165, 1.54) is 0 Å². The van der Waals surface area contributed by atoms with Crippen molar-refractivity contribution in [2.45, 2.75) is 18.6 Å². The van der Waals surface area contributed by atoms with E-state index in [-0.39, 0.29) is 24.1 Å². The summed E-state index contributed by atoms with van der Waals surface area (Å²) in [5.41, 5.74) is 7.58. The molecule has 0 spiro atoms. The highest BCUT2D eigenvalue weighted by Gasteiger charge is 2.22. The molecule has 100 valence electrons. The molecule has 19 heavy (non-hydrogen) atoms. The lowest BCUT2D eigenvalue weighted by molar-refractivity contribution is 0.0146. The summed E-state index contributed by atoms with van der Waals surface area (Å²) in [6.07, 6.45) is -3.00. The molecule has 2 atom stereocenters. The second-order valence-electron chi connectivity index (χ2n) is 3.72. The third kappa shape index (κ3) is 3.63. The second-order valence-corrected chi connectivity index (χ2v) is 3.72. The standard InChI is InChI=1S/C11H10F2N4O2/c12-8-3-6(5-14)7(4-9(8)13)11(19)10(18)1-2-16-17-15/h3-4,10-11,18-19H,1-2H2. The van der Waals surface area contributed by atoms with Gasteiger partial charge < -0.3 is 10.2 Å². The lowest BCUT2D eigenvalue weighted by atomic mass is 9.97. The van der Waals surface area contributed by atoms with E-state index in [2.05, 4.69) is 10.0 Å². The summed E-state index contributed by atoms with van der Waals surface area (Å²) in [6.45, 7) is -0.0692. The van der Waals surface area contributed by atoms with Crippen molar-refractivity contribution in [3.05, 3.63) is 45.3 Å². The summed E-state index contributed by atoms with van der Waals surface area (Å²) in [5, 5.41) is 31.4. The van der Waals surface area contributed by atoms with Crippen molar-refractivity contribution in [1.82, 2.24) is 0 Å². The van der Waals surface area contributed by atoms with E-state index in [9.17, 15) is 19.0 Å². The Bertz CT molecular complexity index is 552. The van der Waals surface area contributed by atoms with Crippen LogP contribution in [-0.2, 0) is 0 Å². The summed E-state index contributed by atoms with van der Waals surface area (Å²) in [5.74, 6) is -2.44. The van der Waals surface area contributed by atoms with Gasteiger partial charge in [-0.05, 0) is 24.1 Å². The van der Waals surface area contributed by atoms with Crippen LogP contribution < -0.4 is 0 Å². The Morgan fingerprint density at radius 2 is 2.00 bits per heavy atom. The number of azide groups is 1.